The molecule has 0 aliphatic carbocycles. The molecule has 1 saturated heterocycles. The van der Waals surface area contributed by atoms with Crippen molar-refractivity contribution in [3.8, 4) is 5.75 Å². The van der Waals surface area contributed by atoms with Crippen molar-refractivity contribution in [2.75, 3.05) is 51.4 Å². The van der Waals surface area contributed by atoms with Gasteiger partial charge in [0.25, 0.3) is 0 Å². The van der Waals surface area contributed by atoms with Gasteiger partial charge in [-0.2, -0.15) is 0 Å². The second-order valence-electron chi connectivity index (χ2n) is 6.61. The zero-order valence-electron chi connectivity index (χ0n) is 16.2. The fourth-order valence-corrected chi connectivity index (χ4v) is 3.22. The predicted octanol–water partition coefficient (Wildman–Crippen LogP) is 3.00. The third-order valence-corrected chi connectivity index (χ3v) is 4.93. The number of halogens is 1. The molecule has 3 rings (SSSR count). The highest BCUT2D eigenvalue weighted by molar-refractivity contribution is 6.30. The van der Waals surface area contributed by atoms with Gasteiger partial charge in [-0.15, -0.1) is 0 Å². The smallest absolute Gasteiger partial charge is 0.191 e. The van der Waals surface area contributed by atoms with E-state index in [1.807, 2.05) is 36.4 Å². The quantitative estimate of drug-likeness (QED) is 0.438. The Bertz CT molecular complexity index is 774. The van der Waals surface area contributed by atoms with Crippen molar-refractivity contribution in [3.05, 3.63) is 59.1 Å². The van der Waals surface area contributed by atoms with Gasteiger partial charge in [0.2, 0.25) is 0 Å². The van der Waals surface area contributed by atoms with E-state index in [4.69, 9.17) is 26.8 Å². The van der Waals surface area contributed by atoms with Crippen LogP contribution in [-0.2, 0) is 11.3 Å². The zero-order chi connectivity index (χ0) is 19.8. The van der Waals surface area contributed by atoms with Crippen LogP contribution in [0.25, 0.3) is 0 Å². The van der Waals surface area contributed by atoms with E-state index in [1.54, 1.807) is 7.11 Å². The van der Waals surface area contributed by atoms with Gasteiger partial charge in [0.1, 0.15) is 12.4 Å². The minimum absolute atomic E-state index is 0.531. The average molecular weight is 403 g/mol. The number of anilines is 1. The number of aliphatic imine (C=N–C) groups is 1. The Kier molecular flexibility index (Phi) is 7.39. The van der Waals surface area contributed by atoms with Crippen LogP contribution in [0.4, 0.5) is 5.69 Å². The molecule has 0 bridgehead atoms. The van der Waals surface area contributed by atoms with Crippen LogP contribution in [-0.4, -0.2) is 57.4 Å². The molecule has 28 heavy (non-hydrogen) atoms. The molecule has 0 aromatic heterocycles. The molecule has 2 N–H and O–H groups in total. The lowest BCUT2D eigenvalue weighted by atomic mass is 10.2. The maximum absolute atomic E-state index is 6.23. The Balaban J connectivity index is 1.50. The number of nitrogens with two attached hydrogens (primary N) is 1. The summed E-state index contributed by atoms with van der Waals surface area (Å²) in [5, 5.41) is 0.756. The van der Waals surface area contributed by atoms with Crippen molar-refractivity contribution in [1.29, 1.82) is 0 Å². The van der Waals surface area contributed by atoms with Gasteiger partial charge in [0.05, 0.1) is 13.2 Å². The lowest BCUT2D eigenvalue weighted by Gasteiger charge is -2.36. The molecule has 0 amide bonds. The van der Waals surface area contributed by atoms with Crippen molar-refractivity contribution in [3.63, 3.8) is 0 Å². The molecular weight excluding hydrogens is 376 g/mol. The summed E-state index contributed by atoms with van der Waals surface area (Å²) in [6, 6.07) is 15.9. The number of benzene rings is 2. The third-order valence-electron chi connectivity index (χ3n) is 4.67. The van der Waals surface area contributed by atoms with Crippen LogP contribution in [0.5, 0.6) is 5.75 Å². The van der Waals surface area contributed by atoms with Crippen molar-refractivity contribution in [2.24, 2.45) is 10.7 Å². The summed E-state index contributed by atoms with van der Waals surface area (Å²) in [5.74, 6) is 1.40. The summed E-state index contributed by atoms with van der Waals surface area (Å²) in [4.78, 5) is 9.03. The zero-order valence-corrected chi connectivity index (χ0v) is 16.9. The molecule has 0 radical (unpaired) electrons. The highest BCUT2D eigenvalue weighted by Gasteiger charge is 2.18. The Labute approximate surface area is 171 Å². The van der Waals surface area contributed by atoms with E-state index in [2.05, 4.69) is 26.9 Å². The molecule has 150 valence electrons. The molecular formula is C21H27ClN4O2. The third kappa shape index (κ3) is 5.78. The number of rotatable bonds is 7. The van der Waals surface area contributed by atoms with Gasteiger partial charge in [0.15, 0.2) is 5.96 Å². The first-order valence-electron chi connectivity index (χ1n) is 9.42. The first-order valence-corrected chi connectivity index (χ1v) is 9.79. The summed E-state index contributed by atoms with van der Waals surface area (Å²) >= 11 is 5.97. The van der Waals surface area contributed by atoms with Gasteiger partial charge in [0, 0.05) is 44.0 Å². The van der Waals surface area contributed by atoms with Gasteiger partial charge >= 0.3 is 0 Å². The Morgan fingerprint density at radius 3 is 2.54 bits per heavy atom. The van der Waals surface area contributed by atoms with E-state index in [9.17, 15) is 0 Å². The SMILES string of the molecule is COCCOc1cccc(CN=C(N)N2CCN(c3ccc(Cl)cc3)CC2)c1. The second-order valence-corrected chi connectivity index (χ2v) is 7.05. The molecule has 2 aromatic rings. The summed E-state index contributed by atoms with van der Waals surface area (Å²) < 4.78 is 10.6. The Morgan fingerprint density at radius 2 is 1.82 bits per heavy atom. The maximum Gasteiger partial charge on any atom is 0.191 e. The van der Waals surface area contributed by atoms with Crippen molar-refractivity contribution in [1.82, 2.24) is 4.90 Å². The number of methoxy groups -OCH3 is 1. The lowest BCUT2D eigenvalue weighted by molar-refractivity contribution is 0.146. The van der Waals surface area contributed by atoms with Crippen LogP contribution >= 0.6 is 11.6 Å². The average Bonchev–Trinajstić information content (AvgIpc) is 2.73. The Hall–Kier alpha value is -2.44. The highest BCUT2D eigenvalue weighted by Crippen LogP contribution is 2.19. The number of piperazine rings is 1. The van der Waals surface area contributed by atoms with Gasteiger partial charge < -0.3 is 25.0 Å². The molecule has 2 aromatic carbocycles. The first-order chi connectivity index (χ1) is 13.7. The first kappa shape index (κ1) is 20.3. The molecule has 0 saturated carbocycles. The van der Waals surface area contributed by atoms with E-state index in [-0.39, 0.29) is 0 Å². The summed E-state index contributed by atoms with van der Waals surface area (Å²) in [5.41, 5.74) is 8.48. The molecule has 1 aliphatic rings. The summed E-state index contributed by atoms with van der Waals surface area (Å²) in [7, 11) is 1.66. The van der Waals surface area contributed by atoms with E-state index in [0.29, 0.717) is 25.7 Å². The molecule has 0 atom stereocenters. The molecule has 0 unspecified atom stereocenters. The van der Waals surface area contributed by atoms with Crippen LogP contribution in [0.2, 0.25) is 5.02 Å². The number of guanidine groups is 1. The maximum atomic E-state index is 6.23. The Morgan fingerprint density at radius 1 is 1.07 bits per heavy atom. The number of hydrogen-bond acceptors (Lipinski definition) is 4. The normalized spacial score (nSPS) is 15.0. The van der Waals surface area contributed by atoms with Crippen LogP contribution in [0, 0.1) is 0 Å². The minimum Gasteiger partial charge on any atom is -0.491 e. The van der Waals surface area contributed by atoms with E-state index in [1.165, 1.54) is 5.69 Å². The topological polar surface area (TPSA) is 63.3 Å². The summed E-state index contributed by atoms with van der Waals surface area (Å²) in [6.45, 7) is 5.13. The van der Waals surface area contributed by atoms with Gasteiger partial charge in [-0.3, -0.25) is 0 Å². The highest BCUT2D eigenvalue weighted by atomic mass is 35.5. The summed E-state index contributed by atoms with van der Waals surface area (Å²) in [6.07, 6.45) is 0. The largest absolute Gasteiger partial charge is 0.491 e. The molecule has 0 spiro atoms. The standard InChI is InChI=1S/C21H27ClN4O2/c1-27-13-14-28-20-4-2-3-17(15-20)16-24-21(23)26-11-9-25(10-12-26)19-7-5-18(22)6-8-19/h2-8,15H,9-14,16H2,1H3,(H2,23,24). The monoisotopic (exact) mass is 402 g/mol. The lowest BCUT2D eigenvalue weighted by Crippen LogP contribution is -2.51. The molecule has 1 aliphatic heterocycles. The van der Waals surface area contributed by atoms with Crippen LogP contribution < -0.4 is 15.4 Å². The van der Waals surface area contributed by atoms with Crippen molar-refractivity contribution in [2.45, 2.75) is 6.54 Å². The van der Waals surface area contributed by atoms with Crippen molar-refractivity contribution < 1.29 is 9.47 Å². The predicted molar refractivity (Wildman–Crippen MR) is 114 cm³/mol. The van der Waals surface area contributed by atoms with E-state index < -0.39 is 0 Å². The number of hydrogen-bond donors (Lipinski definition) is 1. The minimum atomic E-state index is 0.531. The van der Waals surface area contributed by atoms with Gasteiger partial charge in [-0.1, -0.05) is 23.7 Å². The van der Waals surface area contributed by atoms with Crippen LogP contribution in [0.15, 0.2) is 53.5 Å². The van der Waals surface area contributed by atoms with E-state index in [0.717, 1.165) is 42.5 Å². The molecule has 7 heteroatoms. The van der Waals surface area contributed by atoms with Crippen LogP contribution in [0.1, 0.15) is 5.56 Å². The number of ether oxygens (including phenoxy) is 2. The number of nitrogens with zero attached hydrogens (tertiary/aromatic N) is 3. The van der Waals surface area contributed by atoms with Crippen molar-refractivity contribution >= 4 is 23.2 Å². The van der Waals surface area contributed by atoms with Gasteiger partial charge in [-0.05, 0) is 42.0 Å². The second kappa shape index (κ2) is 10.2. The van der Waals surface area contributed by atoms with Crippen LogP contribution in [0.3, 0.4) is 0 Å². The fraction of sp³-hybridized carbons (Fsp3) is 0.381. The molecule has 1 heterocycles. The fourth-order valence-electron chi connectivity index (χ4n) is 3.09. The molecule has 1 fully saturated rings. The van der Waals surface area contributed by atoms with E-state index >= 15 is 0 Å². The van der Waals surface area contributed by atoms with Gasteiger partial charge in [-0.25, -0.2) is 4.99 Å². The molecule has 6 nitrogen and oxygen atoms in total.